The number of benzene rings is 1. The molecule has 6 heteroatoms. The van der Waals surface area contributed by atoms with Crippen molar-refractivity contribution in [3.05, 3.63) is 23.3 Å². The van der Waals surface area contributed by atoms with Crippen LogP contribution in [0.15, 0.2) is 17.7 Å². The van der Waals surface area contributed by atoms with Crippen LogP contribution in [-0.4, -0.2) is 32.3 Å². The van der Waals surface area contributed by atoms with Gasteiger partial charge in [0, 0.05) is 6.04 Å². The molecule has 1 fully saturated rings. The van der Waals surface area contributed by atoms with Gasteiger partial charge in [-0.3, -0.25) is 4.79 Å². The fraction of sp³-hybridized carbons (Fsp3) is 0.474. The van der Waals surface area contributed by atoms with E-state index in [4.69, 9.17) is 14.2 Å². The van der Waals surface area contributed by atoms with E-state index in [2.05, 4.69) is 5.32 Å². The Balaban J connectivity index is 1.81. The van der Waals surface area contributed by atoms with Crippen molar-refractivity contribution in [2.75, 3.05) is 20.3 Å². The zero-order valence-corrected chi connectivity index (χ0v) is 14.3. The Bertz CT molecular complexity index is 698. The third kappa shape index (κ3) is 4.05. The minimum Gasteiger partial charge on any atom is -0.493 e. The molecule has 0 saturated heterocycles. The van der Waals surface area contributed by atoms with E-state index in [9.17, 15) is 10.1 Å². The first kappa shape index (κ1) is 17.2. The van der Waals surface area contributed by atoms with Crippen molar-refractivity contribution < 1.29 is 19.0 Å². The number of methoxy groups -OCH3 is 1. The highest BCUT2D eigenvalue weighted by Gasteiger charge is 2.20. The first-order valence-corrected chi connectivity index (χ1v) is 8.61. The highest BCUT2D eigenvalue weighted by molar-refractivity contribution is 6.02. The predicted octanol–water partition coefficient (Wildman–Crippen LogP) is 2.82. The molecule has 0 atom stereocenters. The molecule has 1 amide bonds. The van der Waals surface area contributed by atoms with Crippen LogP contribution in [0.2, 0.25) is 0 Å². The first-order valence-electron chi connectivity index (χ1n) is 8.61. The third-order valence-electron chi connectivity index (χ3n) is 4.47. The van der Waals surface area contributed by atoms with Crippen LogP contribution < -0.4 is 19.5 Å². The van der Waals surface area contributed by atoms with Gasteiger partial charge in [0.25, 0.3) is 5.91 Å². The molecule has 6 nitrogen and oxygen atoms in total. The highest BCUT2D eigenvalue weighted by Crippen LogP contribution is 2.40. The van der Waals surface area contributed by atoms with Gasteiger partial charge in [0.05, 0.1) is 7.11 Å². The van der Waals surface area contributed by atoms with E-state index in [0.717, 1.165) is 25.7 Å². The van der Waals surface area contributed by atoms with Gasteiger partial charge in [-0.1, -0.05) is 19.3 Å². The maximum atomic E-state index is 12.4. The molecule has 1 aromatic rings. The second kappa shape index (κ2) is 7.93. The van der Waals surface area contributed by atoms with Gasteiger partial charge in [0.15, 0.2) is 11.5 Å². The molecule has 1 aromatic carbocycles. The summed E-state index contributed by atoms with van der Waals surface area (Å²) < 4.78 is 16.5. The second-order valence-corrected chi connectivity index (χ2v) is 6.23. The maximum absolute atomic E-state index is 12.4. The number of nitrogens with one attached hydrogen (secondary N) is 1. The summed E-state index contributed by atoms with van der Waals surface area (Å²) >= 11 is 0. The molecule has 25 heavy (non-hydrogen) atoms. The SMILES string of the molecule is COc1cc(/C=C(\C#N)C(=O)NC2CCCCC2)cc2c1OCCO2. The monoisotopic (exact) mass is 342 g/mol. The molecular weight excluding hydrogens is 320 g/mol. The summed E-state index contributed by atoms with van der Waals surface area (Å²) in [6.07, 6.45) is 6.96. The van der Waals surface area contributed by atoms with Crippen LogP contribution in [-0.2, 0) is 4.79 Å². The summed E-state index contributed by atoms with van der Waals surface area (Å²) in [7, 11) is 1.54. The van der Waals surface area contributed by atoms with Crippen LogP contribution in [0, 0.1) is 11.3 Å². The number of rotatable bonds is 4. The van der Waals surface area contributed by atoms with Crippen molar-refractivity contribution in [1.82, 2.24) is 5.32 Å². The average Bonchev–Trinajstić information content (AvgIpc) is 2.66. The van der Waals surface area contributed by atoms with Gasteiger partial charge < -0.3 is 19.5 Å². The molecule has 3 rings (SSSR count). The lowest BCUT2D eigenvalue weighted by molar-refractivity contribution is -0.117. The van der Waals surface area contributed by atoms with Crippen molar-refractivity contribution in [3.8, 4) is 23.3 Å². The third-order valence-corrected chi connectivity index (χ3v) is 4.47. The fourth-order valence-corrected chi connectivity index (χ4v) is 3.20. The van der Waals surface area contributed by atoms with E-state index in [1.54, 1.807) is 25.3 Å². The molecule has 2 aliphatic rings. The Labute approximate surface area is 147 Å². The van der Waals surface area contributed by atoms with E-state index in [1.807, 2.05) is 6.07 Å². The summed E-state index contributed by atoms with van der Waals surface area (Å²) in [6.45, 7) is 0.919. The minimum atomic E-state index is -0.330. The molecule has 1 heterocycles. The average molecular weight is 342 g/mol. The molecule has 1 N–H and O–H groups in total. The molecule has 1 aliphatic heterocycles. The summed E-state index contributed by atoms with van der Waals surface area (Å²) in [5, 5.41) is 12.3. The number of ether oxygens (including phenoxy) is 3. The normalized spacial score (nSPS) is 17.5. The second-order valence-electron chi connectivity index (χ2n) is 6.23. The zero-order valence-electron chi connectivity index (χ0n) is 14.3. The minimum absolute atomic E-state index is 0.0734. The van der Waals surface area contributed by atoms with Gasteiger partial charge in [-0.05, 0) is 36.6 Å². The molecular formula is C19H22N2O4. The summed E-state index contributed by atoms with van der Waals surface area (Å²) in [5.74, 6) is 1.30. The van der Waals surface area contributed by atoms with Crippen LogP contribution in [0.25, 0.3) is 6.08 Å². The van der Waals surface area contributed by atoms with Gasteiger partial charge in [0.1, 0.15) is 24.9 Å². The van der Waals surface area contributed by atoms with Gasteiger partial charge >= 0.3 is 0 Å². The predicted molar refractivity (Wildman–Crippen MR) is 92.6 cm³/mol. The molecule has 1 aliphatic carbocycles. The van der Waals surface area contributed by atoms with Crippen molar-refractivity contribution in [2.24, 2.45) is 0 Å². The standard InChI is InChI=1S/C19H22N2O4/c1-23-16-10-13(11-17-18(16)25-8-7-24-17)9-14(12-20)19(22)21-15-5-3-2-4-6-15/h9-11,15H,2-8H2,1H3,(H,21,22)/b14-9+. The number of nitrogens with zero attached hydrogens (tertiary/aromatic N) is 1. The molecule has 0 bridgehead atoms. The van der Waals surface area contributed by atoms with Gasteiger partial charge in [0.2, 0.25) is 5.75 Å². The number of fused-ring (bicyclic) bond motifs is 1. The Morgan fingerprint density at radius 1 is 1.28 bits per heavy atom. The Kier molecular flexibility index (Phi) is 5.44. The van der Waals surface area contributed by atoms with Crippen LogP contribution >= 0.6 is 0 Å². The van der Waals surface area contributed by atoms with Gasteiger partial charge in [-0.2, -0.15) is 5.26 Å². The number of carbonyl (C=O) groups is 1. The highest BCUT2D eigenvalue weighted by atomic mass is 16.6. The van der Waals surface area contributed by atoms with E-state index in [-0.39, 0.29) is 17.5 Å². The summed E-state index contributed by atoms with van der Waals surface area (Å²) in [4.78, 5) is 12.4. The van der Waals surface area contributed by atoms with Crippen LogP contribution in [0.1, 0.15) is 37.7 Å². The van der Waals surface area contributed by atoms with E-state index >= 15 is 0 Å². The quantitative estimate of drug-likeness (QED) is 0.672. The van der Waals surface area contributed by atoms with Crippen molar-refractivity contribution >= 4 is 12.0 Å². The first-order chi connectivity index (χ1) is 12.2. The van der Waals surface area contributed by atoms with Crippen LogP contribution in [0.5, 0.6) is 17.2 Å². The number of hydrogen-bond donors (Lipinski definition) is 1. The molecule has 132 valence electrons. The summed E-state index contributed by atoms with van der Waals surface area (Å²) in [5.41, 5.74) is 0.737. The number of nitriles is 1. The molecule has 0 spiro atoms. The summed E-state index contributed by atoms with van der Waals surface area (Å²) in [6, 6.07) is 5.64. The molecule has 1 saturated carbocycles. The van der Waals surface area contributed by atoms with Crippen molar-refractivity contribution in [2.45, 2.75) is 38.1 Å². The lowest BCUT2D eigenvalue weighted by Crippen LogP contribution is -2.36. The Hall–Kier alpha value is -2.68. The zero-order chi connectivity index (χ0) is 17.6. The van der Waals surface area contributed by atoms with Crippen LogP contribution in [0.3, 0.4) is 0 Å². The van der Waals surface area contributed by atoms with Crippen molar-refractivity contribution in [3.63, 3.8) is 0 Å². The smallest absolute Gasteiger partial charge is 0.262 e. The maximum Gasteiger partial charge on any atom is 0.262 e. The fourth-order valence-electron chi connectivity index (χ4n) is 3.20. The molecule has 0 aromatic heterocycles. The largest absolute Gasteiger partial charge is 0.493 e. The Morgan fingerprint density at radius 2 is 2.04 bits per heavy atom. The molecule has 0 radical (unpaired) electrons. The number of amides is 1. The molecule has 0 unspecified atom stereocenters. The van der Waals surface area contributed by atoms with Gasteiger partial charge in [-0.25, -0.2) is 0 Å². The van der Waals surface area contributed by atoms with Crippen LogP contribution in [0.4, 0.5) is 0 Å². The lowest BCUT2D eigenvalue weighted by atomic mass is 9.95. The van der Waals surface area contributed by atoms with E-state index in [0.29, 0.717) is 36.0 Å². The van der Waals surface area contributed by atoms with E-state index in [1.165, 1.54) is 6.42 Å². The topological polar surface area (TPSA) is 80.6 Å². The number of carbonyl (C=O) groups excluding carboxylic acids is 1. The Morgan fingerprint density at radius 3 is 2.76 bits per heavy atom. The van der Waals surface area contributed by atoms with Crippen molar-refractivity contribution in [1.29, 1.82) is 5.26 Å². The van der Waals surface area contributed by atoms with E-state index < -0.39 is 0 Å². The lowest BCUT2D eigenvalue weighted by Gasteiger charge is -2.22. The van der Waals surface area contributed by atoms with Gasteiger partial charge in [-0.15, -0.1) is 0 Å². The number of hydrogen-bond acceptors (Lipinski definition) is 5.